The normalized spacial score (nSPS) is 13.3. The highest BCUT2D eigenvalue weighted by molar-refractivity contribution is 6.11. The summed E-state index contributed by atoms with van der Waals surface area (Å²) in [6, 6.07) is 0. The maximum Gasteiger partial charge on any atom is 0.210 e. The summed E-state index contributed by atoms with van der Waals surface area (Å²) >= 11 is 0. The van der Waals surface area contributed by atoms with E-state index in [1.165, 1.54) is 128 Å². The quantitative estimate of drug-likeness (QED) is 0.00899. The predicted molar refractivity (Wildman–Crippen MR) is 273 cm³/mol. The average Bonchev–Trinajstić information content (AvgIpc) is 3.31. The van der Waals surface area contributed by atoms with E-state index in [1.807, 2.05) is 6.08 Å². The van der Waals surface area contributed by atoms with Gasteiger partial charge in [0.2, 0.25) is 5.60 Å². The zero-order valence-corrected chi connectivity index (χ0v) is 42.2. The molecule has 0 aliphatic carbocycles. The number of aliphatic hydroxyl groups is 3. The lowest BCUT2D eigenvalue weighted by Gasteiger charge is -2.32. The summed E-state index contributed by atoms with van der Waals surface area (Å²) in [7, 11) is 0. The van der Waals surface area contributed by atoms with E-state index in [0.29, 0.717) is 19.4 Å². The molecule has 2 unspecified atom stereocenters. The van der Waals surface area contributed by atoms with Gasteiger partial charge in [-0.3, -0.25) is 19.6 Å². The molecule has 0 aromatic rings. The van der Waals surface area contributed by atoms with E-state index in [1.54, 1.807) is 6.08 Å². The smallest absolute Gasteiger partial charge is 0.210 e. The molecule has 8 heteroatoms. The molecule has 0 saturated carbocycles. The molecule has 0 rings (SSSR count). The lowest BCUT2D eigenvalue weighted by atomic mass is 9.79. The Morgan fingerprint density at radius 3 is 1.09 bits per heavy atom. The largest absolute Gasteiger partial charge is 0.386 e. The van der Waals surface area contributed by atoms with Gasteiger partial charge in [0.05, 0.1) is 6.61 Å². The van der Waals surface area contributed by atoms with E-state index in [0.717, 1.165) is 115 Å². The topological polar surface area (TPSA) is 141 Å². The number of Topliss-reactive ketones (excluding diaryl/α,β-unsaturated/α-hetero) is 2. The molecule has 0 saturated heterocycles. The van der Waals surface area contributed by atoms with Crippen LogP contribution in [0.4, 0.5) is 0 Å². The third-order valence-corrected chi connectivity index (χ3v) is 12.8. The van der Waals surface area contributed by atoms with Crippen molar-refractivity contribution in [1.29, 1.82) is 0 Å². The van der Waals surface area contributed by atoms with Gasteiger partial charge < -0.3 is 15.3 Å². The SMILES string of the molecule is CCCCCCCC/C=C\CCCCCCCC(=O)C(O)(C(=O)CCCCCCC/C=C\CCCCCCCC)C(O)C(O)C(=O)C=CC=CCCCCCCCCCCCCCOO. The average molecular weight is 915 g/mol. The van der Waals surface area contributed by atoms with Gasteiger partial charge in [-0.05, 0) is 89.5 Å². The number of aliphatic hydroxyl groups excluding tert-OH is 2. The van der Waals surface area contributed by atoms with Crippen molar-refractivity contribution < 1.29 is 39.8 Å². The molecule has 0 aromatic heterocycles. The molecule has 0 radical (unpaired) electrons. The van der Waals surface area contributed by atoms with E-state index in [4.69, 9.17) is 5.26 Å². The van der Waals surface area contributed by atoms with Gasteiger partial charge in [0.25, 0.3) is 0 Å². The van der Waals surface area contributed by atoms with Gasteiger partial charge in [-0.1, -0.05) is 217 Å². The fourth-order valence-corrected chi connectivity index (χ4v) is 8.41. The van der Waals surface area contributed by atoms with E-state index >= 15 is 0 Å². The fraction of sp³-hybridized carbons (Fsp3) is 0.807. The van der Waals surface area contributed by atoms with Crippen LogP contribution < -0.4 is 0 Å². The van der Waals surface area contributed by atoms with Crippen molar-refractivity contribution in [2.45, 2.75) is 288 Å². The summed E-state index contributed by atoms with van der Waals surface area (Å²) in [5, 5.41) is 42.1. The minimum atomic E-state index is -2.84. The van der Waals surface area contributed by atoms with Gasteiger partial charge in [0.1, 0.15) is 12.2 Å². The first-order valence-corrected chi connectivity index (χ1v) is 27.4. The zero-order chi connectivity index (χ0) is 47.7. The molecule has 0 spiro atoms. The molecule has 8 nitrogen and oxygen atoms in total. The lowest BCUT2D eigenvalue weighted by Crippen LogP contribution is -2.61. The molecule has 0 aliphatic rings. The molecule has 65 heavy (non-hydrogen) atoms. The Hall–Kier alpha value is -2.23. The summed E-state index contributed by atoms with van der Waals surface area (Å²) < 4.78 is 0. The van der Waals surface area contributed by atoms with Crippen molar-refractivity contribution in [3.05, 3.63) is 48.6 Å². The molecule has 0 fully saturated rings. The summed E-state index contributed by atoms with van der Waals surface area (Å²) in [6.07, 6.45) is 53.0. The first-order valence-electron chi connectivity index (χ1n) is 27.4. The van der Waals surface area contributed by atoms with Gasteiger partial charge in [-0.25, -0.2) is 4.89 Å². The molecule has 0 heterocycles. The second kappa shape index (κ2) is 48.2. The molecule has 4 N–H and O–H groups in total. The Labute approximate surface area is 399 Å². The Morgan fingerprint density at radius 2 is 0.738 bits per heavy atom. The predicted octanol–water partition coefficient (Wildman–Crippen LogP) is 15.5. The van der Waals surface area contributed by atoms with Crippen LogP contribution in [-0.2, 0) is 19.3 Å². The Bertz CT molecular complexity index is 1150. The maximum absolute atomic E-state index is 13.6. The molecule has 0 aromatic carbocycles. The molecule has 378 valence electrons. The second-order valence-corrected chi connectivity index (χ2v) is 18.9. The first-order chi connectivity index (χ1) is 31.8. The molecule has 0 amide bonds. The van der Waals surface area contributed by atoms with Crippen LogP contribution in [0.3, 0.4) is 0 Å². The minimum Gasteiger partial charge on any atom is -0.386 e. The van der Waals surface area contributed by atoms with Gasteiger partial charge in [-0.2, -0.15) is 0 Å². The monoisotopic (exact) mass is 915 g/mol. The minimum absolute atomic E-state index is 0.105. The van der Waals surface area contributed by atoms with Crippen molar-refractivity contribution in [3.8, 4) is 0 Å². The van der Waals surface area contributed by atoms with Crippen LogP contribution in [0, 0.1) is 0 Å². The highest BCUT2D eigenvalue weighted by Gasteiger charge is 2.52. The highest BCUT2D eigenvalue weighted by atomic mass is 17.1. The summed E-state index contributed by atoms with van der Waals surface area (Å²) in [5.74, 6) is -2.50. The number of unbranched alkanes of at least 4 members (excludes halogenated alkanes) is 33. The van der Waals surface area contributed by atoms with Gasteiger partial charge >= 0.3 is 0 Å². The summed E-state index contributed by atoms with van der Waals surface area (Å²) in [4.78, 5) is 44.2. The lowest BCUT2D eigenvalue weighted by molar-refractivity contribution is -0.242. The molecule has 0 aliphatic heterocycles. The molecular weight excluding hydrogens is 813 g/mol. The number of rotatable bonds is 51. The molecule has 0 bridgehead atoms. The number of ketones is 3. The van der Waals surface area contributed by atoms with Crippen molar-refractivity contribution >= 4 is 17.3 Å². The summed E-state index contributed by atoms with van der Waals surface area (Å²) in [6.45, 7) is 4.90. The molecular formula is C57H102O8. The maximum atomic E-state index is 13.6. The summed E-state index contributed by atoms with van der Waals surface area (Å²) in [5.41, 5.74) is -2.84. The Balaban J connectivity index is 4.89. The van der Waals surface area contributed by atoms with Crippen molar-refractivity contribution in [1.82, 2.24) is 0 Å². The van der Waals surface area contributed by atoms with Gasteiger partial charge in [-0.15, -0.1) is 0 Å². The third kappa shape index (κ3) is 37.4. The van der Waals surface area contributed by atoms with Gasteiger partial charge in [0.15, 0.2) is 17.3 Å². The number of carbonyl (C=O) groups excluding carboxylic acids is 3. The highest BCUT2D eigenvalue weighted by Crippen LogP contribution is 2.25. The Morgan fingerprint density at radius 1 is 0.431 bits per heavy atom. The number of hydrogen-bond acceptors (Lipinski definition) is 8. The molecule has 2 atom stereocenters. The standard InChI is InChI=1S/C57H102O8/c1-3-5-7-9-11-13-15-17-20-25-29-33-37-41-45-49-53(59)57(63,54(60)50-46-42-38-34-30-26-21-18-16-14-12-10-8-6-4-2)56(62)55(61)52(58)48-44-40-36-32-28-24-22-19-23-27-31-35-39-43-47-51-65-64/h17-18,20-21,36,40,44,48,55-56,61-64H,3-16,19,22-35,37-39,41-43,45-47,49-51H2,1-2H3/b20-17-,21-18-,40-36?,48-44?. The van der Waals surface area contributed by atoms with Crippen LogP contribution in [0.2, 0.25) is 0 Å². The number of hydrogen-bond donors (Lipinski definition) is 4. The Kier molecular flexibility index (Phi) is 46.6. The first kappa shape index (κ1) is 62.8. The van der Waals surface area contributed by atoms with Gasteiger partial charge in [0, 0.05) is 12.8 Å². The van der Waals surface area contributed by atoms with Crippen molar-refractivity contribution in [2.75, 3.05) is 6.61 Å². The van der Waals surface area contributed by atoms with E-state index in [9.17, 15) is 29.7 Å². The number of carbonyl (C=O) groups is 3. The van der Waals surface area contributed by atoms with Crippen LogP contribution in [-0.4, -0.2) is 62.3 Å². The van der Waals surface area contributed by atoms with E-state index < -0.39 is 35.2 Å². The fourth-order valence-electron chi connectivity index (χ4n) is 8.41. The van der Waals surface area contributed by atoms with Crippen LogP contribution in [0.1, 0.15) is 271 Å². The van der Waals surface area contributed by atoms with E-state index in [-0.39, 0.29) is 12.8 Å². The van der Waals surface area contributed by atoms with Crippen LogP contribution in [0.15, 0.2) is 48.6 Å². The second-order valence-electron chi connectivity index (χ2n) is 18.9. The van der Waals surface area contributed by atoms with Crippen LogP contribution in [0.5, 0.6) is 0 Å². The van der Waals surface area contributed by atoms with Crippen LogP contribution >= 0.6 is 0 Å². The number of allylic oxidation sites excluding steroid dienone is 7. The van der Waals surface area contributed by atoms with Crippen molar-refractivity contribution in [2.24, 2.45) is 0 Å². The van der Waals surface area contributed by atoms with E-state index in [2.05, 4.69) is 43.0 Å². The van der Waals surface area contributed by atoms with Crippen molar-refractivity contribution in [3.63, 3.8) is 0 Å². The zero-order valence-electron chi connectivity index (χ0n) is 42.2. The van der Waals surface area contributed by atoms with Crippen LogP contribution in [0.25, 0.3) is 0 Å². The third-order valence-electron chi connectivity index (χ3n) is 12.8.